The first-order valence-corrected chi connectivity index (χ1v) is 7.15. The van der Waals surface area contributed by atoms with E-state index in [1.807, 2.05) is 38.0 Å². The lowest BCUT2D eigenvalue weighted by Crippen LogP contribution is -2.36. The van der Waals surface area contributed by atoms with Crippen LogP contribution in [0, 0.1) is 11.2 Å². The number of rotatable bonds is 4. The second-order valence-electron chi connectivity index (χ2n) is 6.23. The number of benzene rings is 1. The molecule has 1 aliphatic carbocycles. The Bertz CT molecular complexity index is 503. The van der Waals surface area contributed by atoms with Gasteiger partial charge in [-0.3, -0.25) is 4.99 Å². The highest BCUT2D eigenvalue weighted by atomic mass is 19.1. The lowest BCUT2D eigenvalue weighted by molar-refractivity contribution is 0.211. The smallest absolute Gasteiger partial charge is 0.195 e. The molecule has 0 aliphatic heterocycles. The van der Waals surface area contributed by atoms with Crippen LogP contribution in [0.1, 0.15) is 17.9 Å². The molecule has 1 N–H and O–H groups in total. The summed E-state index contributed by atoms with van der Waals surface area (Å²) in [5, 5.41) is 9.76. The van der Waals surface area contributed by atoms with Crippen LogP contribution in [0.5, 0.6) is 0 Å². The van der Waals surface area contributed by atoms with Gasteiger partial charge in [0.2, 0.25) is 0 Å². The normalized spacial score (nSPS) is 23.6. The average Bonchev–Trinajstić information content (AvgIpc) is 3.14. The van der Waals surface area contributed by atoms with Gasteiger partial charge in [-0.25, -0.2) is 4.39 Å². The molecule has 1 aromatic rings. The van der Waals surface area contributed by atoms with Crippen molar-refractivity contribution >= 4 is 5.96 Å². The zero-order valence-electron chi connectivity index (χ0n) is 13.2. The van der Waals surface area contributed by atoms with Crippen molar-refractivity contribution in [2.75, 3.05) is 41.3 Å². The molecule has 1 aliphatic rings. The third-order valence-electron chi connectivity index (χ3n) is 4.11. The number of nitrogens with zero attached hydrogens (tertiary/aromatic N) is 3. The van der Waals surface area contributed by atoms with E-state index in [2.05, 4.69) is 4.99 Å². The van der Waals surface area contributed by atoms with Crippen molar-refractivity contribution in [2.24, 2.45) is 10.4 Å². The van der Waals surface area contributed by atoms with Gasteiger partial charge in [0.1, 0.15) is 5.82 Å². The predicted molar refractivity (Wildman–Crippen MR) is 83.0 cm³/mol. The first-order valence-electron chi connectivity index (χ1n) is 7.15. The van der Waals surface area contributed by atoms with Gasteiger partial charge < -0.3 is 14.9 Å². The molecule has 1 aromatic carbocycles. The first-order chi connectivity index (χ1) is 9.89. The summed E-state index contributed by atoms with van der Waals surface area (Å²) in [4.78, 5) is 8.57. The average molecular weight is 293 g/mol. The molecule has 2 rings (SSSR count). The minimum absolute atomic E-state index is 0.104. The Morgan fingerprint density at radius 3 is 2.29 bits per heavy atom. The van der Waals surface area contributed by atoms with Gasteiger partial charge in [0.25, 0.3) is 0 Å². The summed E-state index contributed by atoms with van der Waals surface area (Å²) < 4.78 is 13.0. The molecule has 116 valence electrons. The maximum absolute atomic E-state index is 13.0. The SMILES string of the molecule is CN(C)C(=NCC1(CO)CC1c1ccc(F)cc1)N(C)C. The molecule has 4 nitrogen and oxygen atoms in total. The van der Waals surface area contributed by atoms with Crippen molar-refractivity contribution in [1.82, 2.24) is 9.80 Å². The molecule has 0 bridgehead atoms. The van der Waals surface area contributed by atoms with E-state index in [4.69, 9.17) is 0 Å². The molecule has 21 heavy (non-hydrogen) atoms. The Kier molecular flexibility index (Phi) is 4.52. The maximum Gasteiger partial charge on any atom is 0.195 e. The number of hydrogen-bond acceptors (Lipinski definition) is 2. The molecule has 1 saturated carbocycles. The third-order valence-corrected chi connectivity index (χ3v) is 4.11. The number of aliphatic hydroxyl groups is 1. The van der Waals surface area contributed by atoms with Crippen molar-refractivity contribution in [3.05, 3.63) is 35.6 Å². The van der Waals surface area contributed by atoms with Crippen LogP contribution in [0.15, 0.2) is 29.3 Å². The van der Waals surface area contributed by atoms with Crippen LogP contribution in [0.3, 0.4) is 0 Å². The quantitative estimate of drug-likeness (QED) is 0.679. The molecular weight excluding hydrogens is 269 g/mol. The topological polar surface area (TPSA) is 39.1 Å². The van der Waals surface area contributed by atoms with Crippen LogP contribution in [0.2, 0.25) is 0 Å². The van der Waals surface area contributed by atoms with E-state index >= 15 is 0 Å². The van der Waals surface area contributed by atoms with Gasteiger partial charge in [0, 0.05) is 33.6 Å². The summed E-state index contributed by atoms with van der Waals surface area (Å²) in [5.41, 5.74) is 0.881. The van der Waals surface area contributed by atoms with Crippen LogP contribution >= 0.6 is 0 Å². The molecule has 0 aromatic heterocycles. The molecule has 0 radical (unpaired) electrons. The summed E-state index contributed by atoms with van der Waals surface area (Å²) in [6, 6.07) is 6.56. The highest BCUT2D eigenvalue weighted by Gasteiger charge is 2.54. The maximum atomic E-state index is 13.0. The summed E-state index contributed by atoms with van der Waals surface area (Å²) in [5.74, 6) is 0.916. The van der Waals surface area contributed by atoms with Crippen molar-refractivity contribution in [2.45, 2.75) is 12.3 Å². The lowest BCUT2D eigenvalue weighted by Gasteiger charge is -2.24. The molecule has 2 atom stereocenters. The van der Waals surface area contributed by atoms with E-state index < -0.39 is 0 Å². The molecule has 0 heterocycles. The lowest BCUT2D eigenvalue weighted by atomic mass is 10.00. The van der Waals surface area contributed by atoms with Gasteiger partial charge in [0.05, 0.1) is 13.2 Å². The van der Waals surface area contributed by atoms with Crippen molar-refractivity contribution in [3.63, 3.8) is 0 Å². The van der Waals surface area contributed by atoms with Gasteiger partial charge in [-0.15, -0.1) is 0 Å². The Balaban J connectivity index is 2.11. The fourth-order valence-corrected chi connectivity index (χ4v) is 2.82. The second-order valence-corrected chi connectivity index (χ2v) is 6.23. The fraction of sp³-hybridized carbons (Fsp3) is 0.562. The molecule has 5 heteroatoms. The Hall–Kier alpha value is -1.62. The highest BCUT2D eigenvalue weighted by molar-refractivity contribution is 5.79. The van der Waals surface area contributed by atoms with E-state index in [0.717, 1.165) is 17.9 Å². The van der Waals surface area contributed by atoms with Gasteiger partial charge in [-0.05, 0) is 30.0 Å². The Morgan fingerprint density at radius 2 is 1.81 bits per heavy atom. The van der Waals surface area contributed by atoms with Crippen molar-refractivity contribution in [1.29, 1.82) is 0 Å². The number of guanidine groups is 1. The van der Waals surface area contributed by atoms with E-state index in [9.17, 15) is 9.50 Å². The van der Waals surface area contributed by atoms with Crippen LogP contribution in [-0.2, 0) is 0 Å². The molecular formula is C16H24FN3O. The van der Waals surface area contributed by atoms with Crippen LogP contribution in [0.4, 0.5) is 4.39 Å². The summed E-state index contributed by atoms with van der Waals surface area (Å²) >= 11 is 0. The number of halogens is 1. The largest absolute Gasteiger partial charge is 0.396 e. The Labute approximate surface area is 125 Å². The Morgan fingerprint density at radius 1 is 1.24 bits per heavy atom. The first kappa shape index (κ1) is 15.8. The van der Waals surface area contributed by atoms with E-state index in [1.54, 1.807) is 12.1 Å². The van der Waals surface area contributed by atoms with Gasteiger partial charge in [-0.1, -0.05) is 12.1 Å². The number of aliphatic imine (C=N–C) groups is 1. The van der Waals surface area contributed by atoms with E-state index in [0.29, 0.717) is 6.54 Å². The summed E-state index contributed by atoms with van der Waals surface area (Å²) in [7, 11) is 7.81. The highest BCUT2D eigenvalue weighted by Crippen LogP contribution is 2.59. The van der Waals surface area contributed by atoms with E-state index in [1.165, 1.54) is 12.1 Å². The van der Waals surface area contributed by atoms with Crippen LogP contribution in [0.25, 0.3) is 0 Å². The predicted octanol–water partition coefficient (Wildman–Crippen LogP) is 1.77. The molecule has 1 fully saturated rings. The fourth-order valence-electron chi connectivity index (χ4n) is 2.82. The second kappa shape index (κ2) is 6.02. The van der Waals surface area contributed by atoms with Crippen molar-refractivity contribution < 1.29 is 9.50 Å². The van der Waals surface area contributed by atoms with Gasteiger partial charge >= 0.3 is 0 Å². The summed E-state index contributed by atoms with van der Waals surface area (Å²) in [6.07, 6.45) is 0.896. The molecule has 2 unspecified atom stereocenters. The van der Waals surface area contributed by atoms with Crippen LogP contribution in [-0.4, -0.2) is 62.2 Å². The monoisotopic (exact) mass is 293 g/mol. The third kappa shape index (κ3) is 3.35. The van der Waals surface area contributed by atoms with E-state index in [-0.39, 0.29) is 23.8 Å². The zero-order chi connectivity index (χ0) is 15.6. The molecule has 0 amide bonds. The minimum Gasteiger partial charge on any atom is -0.396 e. The number of hydrogen-bond donors (Lipinski definition) is 1. The van der Waals surface area contributed by atoms with Gasteiger partial charge in [0.15, 0.2) is 5.96 Å². The standard InChI is InChI=1S/C16H24FN3O/c1-19(2)15(20(3)4)18-10-16(11-21)9-14(16)12-5-7-13(17)8-6-12/h5-8,14,21H,9-11H2,1-4H3. The van der Waals surface area contributed by atoms with Crippen LogP contribution < -0.4 is 0 Å². The zero-order valence-corrected chi connectivity index (χ0v) is 13.2. The molecule has 0 saturated heterocycles. The van der Waals surface area contributed by atoms with Crippen molar-refractivity contribution in [3.8, 4) is 0 Å². The minimum atomic E-state index is -0.227. The van der Waals surface area contributed by atoms with Gasteiger partial charge in [-0.2, -0.15) is 0 Å². The number of aliphatic hydroxyl groups excluding tert-OH is 1. The molecule has 0 spiro atoms. The summed E-state index contributed by atoms with van der Waals surface area (Å²) in [6.45, 7) is 0.684.